The topological polar surface area (TPSA) is 58.4 Å². The Morgan fingerprint density at radius 2 is 2.29 bits per heavy atom. The maximum atomic E-state index is 12.0. The first kappa shape index (κ1) is 16.4. The zero-order valence-corrected chi connectivity index (χ0v) is 13.4. The molecule has 117 valence electrons. The second-order valence-electron chi connectivity index (χ2n) is 5.44. The van der Waals surface area contributed by atoms with Gasteiger partial charge in [-0.3, -0.25) is 4.79 Å². The van der Waals surface area contributed by atoms with Gasteiger partial charge in [-0.1, -0.05) is 12.8 Å². The van der Waals surface area contributed by atoms with E-state index in [1.165, 1.54) is 11.8 Å². The van der Waals surface area contributed by atoms with Crippen LogP contribution in [0.4, 0.5) is 0 Å². The third-order valence-corrected chi connectivity index (χ3v) is 4.75. The van der Waals surface area contributed by atoms with Gasteiger partial charge in [0.2, 0.25) is 5.91 Å². The van der Waals surface area contributed by atoms with Crippen LogP contribution in [0.3, 0.4) is 0 Å². The first-order valence-corrected chi connectivity index (χ1v) is 8.69. The molecule has 1 N–H and O–H groups in total. The van der Waals surface area contributed by atoms with E-state index in [4.69, 9.17) is 0 Å². The first-order valence-electron chi connectivity index (χ1n) is 7.64. The molecule has 21 heavy (non-hydrogen) atoms. The second kappa shape index (κ2) is 8.44. The van der Waals surface area contributed by atoms with Gasteiger partial charge in [-0.25, -0.2) is 4.98 Å². The molecule has 2 rings (SSSR count). The van der Waals surface area contributed by atoms with Gasteiger partial charge in [0, 0.05) is 31.5 Å². The highest BCUT2D eigenvalue weighted by Gasteiger charge is 2.21. The zero-order chi connectivity index (χ0) is 15.1. The van der Waals surface area contributed by atoms with Crippen molar-refractivity contribution in [2.75, 3.05) is 18.8 Å². The molecule has 1 unspecified atom stereocenters. The maximum Gasteiger partial charge on any atom is 0.222 e. The molecule has 5 nitrogen and oxygen atoms in total. The second-order valence-corrected chi connectivity index (χ2v) is 6.73. The Morgan fingerprint density at radius 3 is 3.00 bits per heavy atom. The van der Waals surface area contributed by atoms with E-state index in [-0.39, 0.29) is 5.91 Å². The Morgan fingerprint density at radius 1 is 1.48 bits per heavy atom. The van der Waals surface area contributed by atoms with E-state index in [0.29, 0.717) is 13.0 Å². The van der Waals surface area contributed by atoms with Crippen molar-refractivity contribution in [3.63, 3.8) is 0 Å². The van der Waals surface area contributed by atoms with Crippen molar-refractivity contribution in [2.45, 2.75) is 51.0 Å². The number of aryl methyl sites for hydroxylation is 2. The highest BCUT2D eigenvalue weighted by molar-refractivity contribution is 7.99. The molecule has 0 saturated carbocycles. The van der Waals surface area contributed by atoms with Gasteiger partial charge in [-0.05, 0) is 19.8 Å². The molecule has 1 radical (unpaired) electrons. The number of carbonyl (C=O) groups excluding carboxylic acids is 1. The third-order valence-electron chi connectivity index (χ3n) is 3.80. The van der Waals surface area contributed by atoms with E-state index in [1.54, 1.807) is 4.90 Å². The van der Waals surface area contributed by atoms with Crippen LogP contribution in [0.25, 0.3) is 0 Å². The summed E-state index contributed by atoms with van der Waals surface area (Å²) in [6.45, 7) is 4.23. The van der Waals surface area contributed by atoms with Crippen LogP contribution in [-0.2, 0) is 11.3 Å². The number of aliphatic hydroxyl groups excluding tert-OH is 1. The molecule has 1 atom stereocenters. The predicted molar refractivity (Wildman–Crippen MR) is 83.9 cm³/mol. The Kier molecular flexibility index (Phi) is 6.57. The summed E-state index contributed by atoms with van der Waals surface area (Å²) < 4.78 is 2.11. The van der Waals surface area contributed by atoms with Gasteiger partial charge in [0.25, 0.3) is 0 Å². The summed E-state index contributed by atoms with van der Waals surface area (Å²) in [5, 5.41) is 9.54. The van der Waals surface area contributed by atoms with Crippen LogP contribution in [0.2, 0.25) is 0 Å². The van der Waals surface area contributed by atoms with Crippen molar-refractivity contribution >= 4 is 17.7 Å². The number of imidazole rings is 1. The minimum atomic E-state index is -0.405. The summed E-state index contributed by atoms with van der Waals surface area (Å²) in [6, 6.07) is 0. The van der Waals surface area contributed by atoms with Crippen molar-refractivity contribution in [1.29, 1.82) is 0 Å². The molecular weight excluding hydrogens is 286 g/mol. The van der Waals surface area contributed by atoms with Gasteiger partial charge in [0.15, 0.2) is 0 Å². The van der Waals surface area contributed by atoms with Gasteiger partial charge in [-0.15, -0.1) is 11.8 Å². The molecule has 0 bridgehead atoms. The third kappa shape index (κ3) is 5.36. The lowest BCUT2D eigenvalue weighted by Crippen LogP contribution is -2.41. The minimum absolute atomic E-state index is 0.189. The zero-order valence-electron chi connectivity index (χ0n) is 12.6. The summed E-state index contributed by atoms with van der Waals surface area (Å²) in [4.78, 5) is 17.9. The number of hydrogen-bond donors (Lipinski definition) is 1. The number of carbonyl (C=O) groups is 1. The van der Waals surface area contributed by atoms with E-state index in [2.05, 4.69) is 15.7 Å². The maximum absolute atomic E-state index is 12.0. The Bertz CT molecular complexity index is 450. The van der Waals surface area contributed by atoms with Crippen LogP contribution in [0, 0.1) is 13.1 Å². The Balaban J connectivity index is 1.53. The Labute approximate surface area is 130 Å². The fourth-order valence-electron chi connectivity index (χ4n) is 2.50. The highest BCUT2D eigenvalue weighted by Crippen LogP contribution is 2.17. The van der Waals surface area contributed by atoms with Gasteiger partial charge in [0.1, 0.15) is 17.5 Å². The molecule has 0 spiro atoms. The quantitative estimate of drug-likeness (QED) is 0.781. The van der Waals surface area contributed by atoms with Gasteiger partial charge in [-0.2, -0.15) is 0 Å². The largest absolute Gasteiger partial charge is 0.381 e. The van der Waals surface area contributed by atoms with Gasteiger partial charge >= 0.3 is 0 Å². The van der Waals surface area contributed by atoms with Crippen molar-refractivity contribution in [3.05, 3.63) is 18.2 Å². The van der Waals surface area contributed by atoms with Gasteiger partial charge < -0.3 is 14.6 Å². The van der Waals surface area contributed by atoms with E-state index in [0.717, 1.165) is 50.4 Å². The number of rotatable bonds is 7. The van der Waals surface area contributed by atoms with Gasteiger partial charge in [0.05, 0.1) is 6.54 Å². The summed E-state index contributed by atoms with van der Waals surface area (Å²) in [6.07, 6.45) is 9.59. The lowest BCUT2D eigenvalue weighted by molar-refractivity contribution is -0.132. The lowest BCUT2D eigenvalue weighted by Gasteiger charge is -2.29. The first-order chi connectivity index (χ1) is 10.2. The number of aliphatic hydroxyl groups is 1. The summed E-state index contributed by atoms with van der Waals surface area (Å²) in [7, 11) is 0. The molecule has 1 saturated heterocycles. The van der Waals surface area contributed by atoms with Crippen molar-refractivity contribution in [2.24, 2.45) is 0 Å². The predicted octanol–water partition coefficient (Wildman–Crippen LogP) is 1.84. The Hall–Kier alpha value is -1.01. The average Bonchev–Trinajstić information content (AvgIpc) is 2.88. The van der Waals surface area contributed by atoms with Crippen LogP contribution in [-0.4, -0.2) is 49.7 Å². The SMILES string of the molecule is Cc1n[c]cn1CCCCCCC(=O)N1CCSC(O)C1. The number of nitrogens with zero attached hydrogens (tertiary/aromatic N) is 3. The molecular formula is C15H24N3O2S. The smallest absolute Gasteiger partial charge is 0.222 e. The van der Waals surface area contributed by atoms with E-state index >= 15 is 0 Å². The lowest BCUT2D eigenvalue weighted by atomic mass is 10.1. The number of unbranched alkanes of at least 4 members (excludes halogenated alkanes) is 3. The minimum Gasteiger partial charge on any atom is -0.381 e. The van der Waals surface area contributed by atoms with Crippen molar-refractivity contribution in [3.8, 4) is 0 Å². The number of amides is 1. The van der Waals surface area contributed by atoms with Crippen LogP contribution >= 0.6 is 11.8 Å². The van der Waals surface area contributed by atoms with Crippen LogP contribution in [0.15, 0.2) is 6.20 Å². The van der Waals surface area contributed by atoms with Crippen LogP contribution < -0.4 is 0 Å². The molecule has 1 aliphatic rings. The highest BCUT2D eigenvalue weighted by atomic mass is 32.2. The molecule has 1 fully saturated rings. The molecule has 1 aromatic heterocycles. The van der Waals surface area contributed by atoms with Crippen molar-refractivity contribution < 1.29 is 9.90 Å². The fraction of sp³-hybridized carbons (Fsp3) is 0.733. The molecule has 0 aromatic carbocycles. The summed E-state index contributed by atoms with van der Waals surface area (Å²) >= 11 is 1.53. The molecule has 1 aliphatic heterocycles. The number of hydrogen-bond acceptors (Lipinski definition) is 4. The fourth-order valence-corrected chi connectivity index (χ4v) is 3.39. The monoisotopic (exact) mass is 310 g/mol. The number of aromatic nitrogens is 2. The van der Waals surface area contributed by atoms with E-state index < -0.39 is 5.44 Å². The van der Waals surface area contributed by atoms with E-state index in [1.807, 2.05) is 13.1 Å². The van der Waals surface area contributed by atoms with Crippen LogP contribution in [0.5, 0.6) is 0 Å². The number of β-amino-alcohol motifs (C(OH)–C–C–N with tert-alkyl or cyclic N) is 1. The summed E-state index contributed by atoms with van der Waals surface area (Å²) in [5.41, 5.74) is -0.405. The molecule has 0 aliphatic carbocycles. The molecule has 1 amide bonds. The molecule has 6 heteroatoms. The van der Waals surface area contributed by atoms with Crippen LogP contribution in [0.1, 0.15) is 37.9 Å². The average molecular weight is 310 g/mol. The molecule has 2 heterocycles. The van der Waals surface area contributed by atoms with E-state index in [9.17, 15) is 9.90 Å². The number of thioether (sulfide) groups is 1. The van der Waals surface area contributed by atoms with Crippen molar-refractivity contribution in [1.82, 2.24) is 14.5 Å². The normalized spacial score (nSPS) is 19.0. The summed E-state index contributed by atoms with van der Waals surface area (Å²) in [5.74, 6) is 2.04. The molecule has 1 aromatic rings. The standard InChI is InChI=1S/C15H24N3O2S/c1-13-16-7-9-17(13)8-5-3-2-4-6-14(19)18-10-11-21-15(20)12-18/h9,15,20H,2-6,8,10-12H2,1H3.